The predicted molar refractivity (Wildman–Crippen MR) is 118 cm³/mol. The molecule has 0 aromatic heterocycles. The number of nitrogens with one attached hydrogen (secondary N) is 2. The number of aliphatic hydroxyl groups excluding tert-OH is 1. The SMILES string of the molecule is O=C(NC1(C(=O)NCC[C@H](O)C(=O)O)CCOC1)OCC1c2ccccc2-c2ccccc21. The lowest BCUT2D eigenvalue weighted by Gasteiger charge is -2.27. The van der Waals surface area contributed by atoms with E-state index in [0.29, 0.717) is 0 Å². The van der Waals surface area contributed by atoms with Gasteiger partial charge < -0.3 is 30.3 Å². The number of carboxylic acids is 1. The molecule has 1 aliphatic heterocycles. The lowest BCUT2D eigenvalue weighted by atomic mass is 9.97. The fourth-order valence-electron chi connectivity index (χ4n) is 4.34. The Morgan fingerprint density at radius 3 is 2.30 bits per heavy atom. The van der Waals surface area contributed by atoms with Gasteiger partial charge in [0.2, 0.25) is 5.91 Å². The van der Waals surface area contributed by atoms with Crippen molar-refractivity contribution in [2.45, 2.75) is 30.4 Å². The first-order valence-electron chi connectivity index (χ1n) is 10.8. The molecule has 9 heteroatoms. The normalized spacial score (nSPS) is 19.9. The van der Waals surface area contributed by atoms with Gasteiger partial charge in [0.1, 0.15) is 12.1 Å². The van der Waals surface area contributed by atoms with E-state index in [2.05, 4.69) is 10.6 Å². The van der Waals surface area contributed by atoms with Gasteiger partial charge in [-0.15, -0.1) is 0 Å². The second kappa shape index (κ2) is 9.60. The Morgan fingerprint density at radius 1 is 1.09 bits per heavy atom. The van der Waals surface area contributed by atoms with Crippen LogP contribution in [0.5, 0.6) is 0 Å². The smallest absolute Gasteiger partial charge is 0.408 e. The van der Waals surface area contributed by atoms with Crippen molar-refractivity contribution in [2.75, 3.05) is 26.4 Å². The topological polar surface area (TPSA) is 134 Å². The van der Waals surface area contributed by atoms with Crippen LogP contribution in [0.15, 0.2) is 48.5 Å². The van der Waals surface area contributed by atoms with Crippen LogP contribution in [-0.4, -0.2) is 66.2 Å². The molecule has 1 unspecified atom stereocenters. The molecule has 0 spiro atoms. The Bertz CT molecular complexity index is 1000. The number of rotatable bonds is 8. The summed E-state index contributed by atoms with van der Waals surface area (Å²) in [6, 6.07) is 16.0. The molecular weight excluding hydrogens is 428 g/mol. The number of benzene rings is 2. The summed E-state index contributed by atoms with van der Waals surface area (Å²) in [5.41, 5.74) is 3.09. The Balaban J connectivity index is 1.38. The second-order valence-corrected chi connectivity index (χ2v) is 8.23. The predicted octanol–water partition coefficient (Wildman–Crippen LogP) is 1.64. The zero-order chi connectivity index (χ0) is 23.4. The van der Waals surface area contributed by atoms with Gasteiger partial charge in [0.15, 0.2) is 6.10 Å². The minimum Gasteiger partial charge on any atom is -0.479 e. The molecule has 0 saturated carbocycles. The summed E-state index contributed by atoms with van der Waals surface area (Å²) in [6.07, 6.45) is -2.20. The number of hydrogen-bond acceptors (Lipinski definition) is 6. The molecule has 2 atom stereocenters. The van der Waals surface area contributed by atoms with E-state index in [4.69, 9.17) is 14.6 Å². The molecule has 0 bridgehead atoms. The molecule has 2 aromatic carbocycles. The number of fused-ring (bicyclic) bond motifs is 3. The molecule has 1 fully saturated rings. The van der Waals surface area contributed by atoms with E-state index < -0.39 is 29.6 Å². The van der Waals surface area contributed by atoms with Crippen LogP contribution in [0.2, 0.25) is 0 Å². The van der Waals surface area contributed by atoms with Crippen molar-refractivity contribution < 1.29 is 34.1 Å². The lowest BCUT2D eigenvalue weighted by Crippen LogP contribution is -2.59. The summed E-state index contributed by atoms with van der Waals surface area (Å²) >= 11 is 0. The minimum absolute atomic E-state index is 0.0233. The zero-order valence-electron chi connectivity index (χ0n) is 18.0. The van der Waals surface area contributed by atoms with E-state index in [1.165, 1.54) is 0 Å². The molecule has 1 saturated heterocycles. The van der Waals surface area contributed by atoms with Crippen LogP contribution >= 0.6 is 0 Å². The number of ether oxygens (including phenoxy) is 2. The molecule has 1 heterocycles. The number of aliphatic hydroxyl groups is 1. The molecule has 2 aromatic rings. The van der Waals surface area contributed by atoms with Crippen LogP contribution in [0.3, 0.4) is 0 Å². The molecule has 2 amide bonds. The third-order valence-corrected chi connectivity index (χ3v) is 6.13. The number of carboxylic acid groups (broad SMARTS) is 1. The number of hydrogen-bond donors (Lipinski definition) is 4. The fourth-order valence-corrected chi connectivity index (χ4v) is 4.34. The van der Waals surface area contributed by atoms with E-state index >= 15 is 0 Å². The third kappa shape index (κ3) is 4.69. The van der Waals surface area contributed by atoms with E-state index in [1.807, 2.05) is 48.5 Å². The highest BCUT2D eigenvalue weighted by Gasteiger charge is 2.44. The Morgan fingerprint density at radius 2 is 1.73 bits per heavy atom. The van der Waals surface area contributed by atoms with Crippen molar-refractivity contribution in [3.63, 3.8) is 0 Å². The number of carbonyl (C=O) groups excluding carboxylic acids is 2. The van der Waals surface area contributed by atoms with Crippen LogP contribution < -0.4 is 10.6 Å². The third-order valence-electron chi connectivity index (χ3n) is 6.13. The monoisotopic (exact) mass is 454 g/mol. The van der Waals surface area contributed by atoms with E-state index in [1.54, 1.807) is 0 Å². The van der Waals surface area contributed by atoms with Crippen LogP contribution in [0, 0.1) is 0 Å². The standard InChI is InChI=1S/C24H26N2O7/c27-20(21(28)29)9-11-25-22(30)24(10-12-32-14-24)26-23(31)33-13-19-17-7-3-1-5-15(17)16-6-2-4-8-18(16)19/h1-8,19-20,27H,9-14H2,(H,25,30)(H,26,31)(H,28,29)/t20-,24?/m0/s1. The Kier molecular flexibility index (Phi) is 6.62. The highest BCUT2D eigenvalue weighted by Crippen LogP contribution is 2.44. The van der Waals surface area contributed by atoms with Gasteiger partial charge in [-0.1, -0.05) is 48.5 Å². The maximum atomic E-state index is 12.8. The number of carbonyl (C=O) groups is 3. The van der Waals surface area contributed by atoms with Gasteiger partial charge in [0.25, 0.3) is 0 Å². The van der Waals surface area contributed by atoms with Crippen molar-refractivity contribution >= 4 is 18.0 Å². The molecular formula is C24H26N2O7. The average molecular weight is 454 g/mol. The summed E-state index contributed by atoms with van der Waals surface area (Å²) in [7, 11) is 0. The summed E-state index contributed by atoms with van der Waals surface area (Å²) in [4.78, 5) is 36.1. The van der Waals surface area contributed by atoms with E-state index in [0.717, 1.165) is 22.3 Å². The highest BCUT2D eigenvalue weighted by atomic mass is 16.6. The highest BCUT2D eigenvalue weighted by molar-refractivity contribution is 5.90. The maximum absolute atomic E-state index is 12.8. The first kappa shape index (κ1) is 22.8. The second-order valence-electron chi connectivity index (χ2n) is 8.23. The van der Waals surface area contributed by atoms with Gasteiger partial charge in [-0.25, -0.2) is 9.59 Å². The molecule has 2 aliphatic rings. The van der Waals surface area contributed by atoms with Crippen molar-refractivity contribution in [3.05, 3.63) is 59.7 Å². The first-order valence-corrected chi connectivity index (χ1v) is 10.8. The number of aliphatic carboxylic acids is 1. The molecule has 33 heavy (non-hydrogen) atoms. The zero-order valence-corrected chi connectivity index (χ0v) is 18.0. The Labute approximate surface area is 190 Å². The number of amides is 2. The fraction of sp³-hybridized carbons (Fsp3) is 0.375. The summed E-state index contributed by atoms with van der Waals surface area (Å²) in [5, 5.41) is 23.3. The molecule has 4 rings (SSSR count). The van der Waals surface area contributed by atoms with Crippen LogP contribution in [-0.2, 0) is 19.1 Å². The van der Waals surface area contributed by atoms with Gasteiger partial charge in [-0.3, -0.25) is 4.79 Å². The maximum Gasteiger partial charge on any atom is 0.408 e. The molecule has 4 N–H and O–H groups in total. The van der Waals surface area contributed by atoms with Crippen LogP contribution in [0.4, 0.5) is 4.79 Å². The quantitative estimate of drug-likeness (QED) is 0.476. The van der Waals surface area contributed by atoms with E-state index in [9.17, 15) is 19.5 Å². The van der Waals surface area contributed by atoms with Gasteiger partial charge >= 0.3 is 12.1 Å². The summed E-state index contributed by atoms with van der Waals surface area (Å²) in [6.45, 7) is 0.322. The lowest BCUT2D eigenvalue weighted by molar-refractivity contribution is -0.147. The first-order chi connectivity index (χ1) is 15.9. The summed E-state index contributed by atoms with van der Waals surface area (Å²) in [5.74, 6) is -1.98. The van der Waals surface area contributed by atoms with Crippen molar-refractivity contribution in [1.29, 1.82) is 0 Å². The minimum atomic E-state index is -1.57. The van der Waals surface area contributed by atoms with Crippen molar-refractivity contribution in [1.82, 2.24) is 10.6 Å². The van der Waals surface area contributed by atoms with Gasteiger partial charge in [0.05, 0.1) is 6.61 Å². The number of alkyl carbamates (subject to hydrolysis) is 1. The largest absolute Gasteiger partial charge is 0.479 e. The summed E-state index contributed by atoms with van der Waals surface area (Å²) < 4.78 is 10.9. The average Bonchev–Trinajstić information content (AvgIpc) is 3.41. The van der Waals surface area contributed by atoms with Crippen molar-refractivity contribution in [3.8, 4) is 11.1 Å². The van der Waals surface area contributed by atoms with Gasteiger partial charge in [-0.2, -0.15) is 0 Å². The molecule has 174 valence electrons. The molecule has 9 nitrogen and oxygen atoms in total. The van der Waals surface area contributed by atoms with Crippen LogP contribution in [0.1, 0.15) is 29.9 Å². The van der Waals surface area contributed by atoms with E-state index in [-0.39, 0.29) is 45.1 Å². The molecule has 0 radical (unpaired) electrons. The Hall–Kier alpha value is -3.43. The van der Waals surface area contributed by atoms with Crippen LogP contribution in [0.25, 0.3) is 11.1 Å². The van der Waals surface area contributed by atoms with Gasteiger partial charge in [-0.05, 0) is 22.3 Å². The van der Waals surface area contributed by atoms with Gasteiger partial charge in [0, 0.05) is 31.9 Å². The van der Waals surface area contributed by atoms with Crippen molar-refractivity contribution in [2.24, 2.45) is 0 Å². The molecule has 1 aliphatic carbocycles.